The van der Waals surface area contributed by atoms with Crippen LogP contribution in [0.25, 0.3) is 11.0 Å². The zero-order chi connectivity index (χ0) is 17.3. The van der Waals surface area contributed by atoms with Gasteiger partial charge in [0, 0.05) is 30.3 Å². The smallest absolute Gasteiger partial charge is 0.269 e. The minimum atomic E-state index is -0.485. The van der Waals surface area contributed by atoms with Crippen molar-refractivity contribution in [3.05, 3.63) is 64.4 Å². The van der Waals surface area contributed by atoms with Crippen molar-refractivity contribution >= 4 is 28.3 Å². The van der Waals surface area contributed by atoms with E-state index in [-0.39, 0.29) is 11.6 Å². The quantitative estimate of drug-likeness (QED) is 0.540. The fourth-order valence-electron chi connectivity index (χ4n) is 2.40. The van der Waals surface area contributed by atoms with Gasteiger partial charge in [-0.3, -0.25) is 14.9 Å². The number of hydrogen-bond acceptors (Lipinski definition) is 5. The van der Waals surface area contributed by atoms with E-state index in [1.54, 1.807) is 32.4 Å². The number of benzene rings is 2. The summed E-state index contributed by atoms with van der Waals surface area (Å²) in [6.07, 6.45) is 1.40. The molecule has 7 heteroatoms. The highest BCUT2D eigenvalue weighted by Crippen LogP contribution is 2.28. The Bertz CT molecular complexity index is 914. The molecule has 0 saturated heterocycles. The van der Waals surface area contributed by atoms with Crippen LogP contribution >= 0.6 is 0 Å². The highest BCUT2D eigenvalue weighted by molar-refractivity contribution is 6.13. The summed E-state index contributed by atoms with van der Waals surface area (Å²) in [6.45, 7) is 0. The number of rotatable bonds is 4. The number of non-ortho nitro benzene ring substituents is 1. The predicted molar refractivity (Wildman–Crippen MR) is 88.6 cm³/mol. The normalized spacial score (nSPS) is 10.6. The molecule has 0 saturated carbocycles. The van der Waals surface area contributed by atoms with Gasteiger partial charge in [-0.2, -0.15) is 0 Å². The van der Waals surface area contributed by atoms with Crippen molar-refractivity contribution in [1.29, 1.82) is 0 Å². The second kappa shape index (κ2) is 6.04. The van der Waals surface area contributed by atoms with Crippen molar-refractivity contribution in [2.24, 2.45) is 0 Å². The lowest BCUT2D eigenvalue weighted by Gasteiger charge is -2.16. The lowest BCUT2D eigenvalue weighted by Crippen LogP contribution is -2.25. The van der Waals surface area contributed by atoms with Crippen LogP contribution in [0.2, 0.25) is 0 Å². The first kappa shape index (κ1) is 15.5. The highest BCUT2D eigenvalue weighted by Gasteiger charge is 2.20. The monoisotopic (exact) mass is 326 g/mol. The van der Waals surface area contributed by atoms with Gasteiger partial charge < -0.3 is 14.1 Å². The number of carbonyl (C=O) groups is 1. The topological polar surface area (TPSA) is 85.8 Å². The van der Waals surface area contributed by atoms with E-state index in [0.717, 1.165) is 0 Å². The van der Waals surface area contributed by atoms with Crippen LogP contribution in [-0.2, 0) is 0 Å². The largest absolute Gasteiger partial charge is 0.497 e. The van der Waals surface area contributed by atoms with Crippen LogP contribution in [0.15, 0.2) is 53.1 Å². The van der Waals surface area contributed by atoms with E-state index in [2.05, 4.69) is 0 Å². The molecule has 0 fully saturated rings. The zero-order valence-corrected chi connectivity index (χ0v) is 13.1. The molecule has 0 N–H and O–H groups in total. The maximum atomic E-state index is 12.7. The lowest BCUT2D eigenvalue weighted by molar-refractivity contribution is -0.384. The van der Waals surface area contributed by atoms with E-state index in [1.807, 2.05) is 0 Å². The van der Waals surface area contributed by atoms with Gasteiger partial charge >= 0.3 is 0 Å². The maximum absolute atomic E-state index is 12.7. The Labute approximate surface area is 137 Å². The average Bonchev–Trinajstić information content (AvgIpc) is 3.03. The van der Waals surface area contributed by atoms with Crippen molar-refractivity contribution in [3.63, 3.8) is 0 Å². The molecule has 1 amide bonds. The third-order valence-electron chi connectivity index (χ3n) is 3.76. The van der Waals surface area contributed by atoms with Gasteiger partial charge in [-0.15, -0.1) is 0 Å². The van der Waals surface area contributed by atoms with E-state index < -0.39 is 4.92 Å². The SMILES string of the molecule is COc1ccc2occ(C(=O)N(C)c3ccc([N+](=O)[O-])cc3)c2c1. The van der Waals surface area contributed by atoms with Gasteiger partial charge in [0.2, 0.25) is 0 Å². The number of anilines is 1. The molecule has 1 aromatic heterocycles. The Morgan fingerprint density at radius 3 is 2.54 bits per heavy atom. The first-order chi connectivity index (χ1) is 11.5. The molecule has 0 unspecified atom stereocenters. The Hall–Kier alpha value is -3.35. The predicted octanol–water partition coefficient (Wildman–Crippen LogP) is 3.63. The Morgan fingerprint density at radius 1 is 1.21 bits per heavy atom. The third kappa shape index (κ3) is 2.67. The number of furan rings is 1. The molecule has 0 aliphatic carbocycles. The molecule has 3 aromatic rings. The van der Waals surface area contributed by atoms with E-state index in [0.29, 0.717) is 28.0 Å². The summed E-state index contributed by atoms with van der Waals surface area (Å²) in [5.74, 6) is 0.340. The van der Waals surface area contributed by atoms with Gasteiger partial charge in [-0.25, -0.2) is 0 Å². The number of hydrogen-bond donors (Lipinski definition) is 0. The van der Waals surface area contributed by atoms with Crippen molar-refractivity contribution in [2.45, 2.75) is 0 Å². The molecule has 0 aliphatic rings. The van der Waals surface area contributed by atoms with Crippen LogP contribution in [0, 0.1) is 10.1 Å². The number of carbonyl (C=O) groups excluding carboxylic acids is 1. The molecule has 1 heterocycles. The summed E-state index contributed by atoms with van der Waals surface area (Å²) in [6, 6.07) is 11.0. The average molecular weight is 326 g/mol. The summed E-state index contributed by atoms with van der Waals surface area (Å²) < 4.78 is 10.6. The molecule has 3 rings (SSSR count). The Kier molecular flexibility index (Phi) is 3.91. The summed E-state index contributed by atoms with van der Waals surface area (Å²) in [4.78, 5) is 24.4. The Balaban J connectivity index is 1.94. The van der Waals surface area contributed by atoms with Gasteiger partial charge in [-0.1, -0.05) is 0 Å². The number of amides is 1. The van der Waals surface area contributed by atoms with Crippen molar-refractivity contribution < 1.29 is 18.9 Å². The summed E-state index contributed by atoms with van der Waals surface area (Å²) in [7, 11) is 3.15. The maximum Gasteiger partial charge on any atom is 0.269 e. The standard InChI is InChI=1S/C17H14N2O5/c1-18(11-3-5-12(6-4-11)19(21)22)17(20)15-10-24-16-8-7-13(23-2)9-14(15)16/h3-10H,1-2H3. The Morgan fingerprint density at radius 2 is 1.92 bits per heavy atom. The molecule has 0 radical (unpaired) electrons. The first-order valence-corrected chi connectivity index (χ1v) is 7.09. The lowest BCUT2D eigenvalue weighted by atomic mass is 10.1. The zero-order valence-electron chi connectivity index (χ0n) is 13.1. The van der Waals surface area contributed by atoms with Crippen LogP contribution in [0.4, 0.5) is 11.4 Å². The fourth-order valence-corrected chi connectivity index (χ4v) is 2.40. The molecule has 0 atom stereocenters. The van der Waals surface area contributed by atoms with Crippen molar-refractivity contribution in [3.8, 4) is 5.75 Å². The van der Waals surface area contributed by atoms with Gasteiger partial charge in [-0.05, 0) is 30.3 Å². The van der Waals surface area contributed by atoms with E-state index in [9.17, 15) is 14.9 Å². The first-order valence-electron chi connectivity index (χ1n) is 7.09. The highest BCUT2D eigenvalue weighted by atomic mass is 16.6. The summed E-state index contributed by atoms with van der Waals surface area (Å²) in [5, 5.41) is 11.4. The molecule has 122 valence electrons. The number of fused-ring (bicyclic) bond motifs is 1. The second-order valence-electron chi connectivity index (χ2n) is 5.15. The molecule has 2 aromatic carbocycles. The molecule has 0 aliphatic heterocycles. The molecular weight excluding hydrogens is 312 g/mol. The van der Waals surface area contributed by atoms with E-state index >= 15 is 0 Å². The molecule has 0 spiro atoms. The molecule has 0 bridgehead atoms. The number of methoxy groups -OCH3 is 1. The molecular formula is C17H14N2O5. The fraction of sp³-hybridized carbons (Fsp3) is 0.118. The van der Waals surface area contributed by atoms with Gasteiger partial charge in [0.1, 0.15) is 17.6 Å². The van der Waals surface area contributed by atoms with Crippen LogP contribution in [-0.4, -0.2) is 25.0 Å². The minimum Gasteiger partial charge on any atom is -0.497 e. The van der Waals surface area contributed by atoms with E-state index in [4.69, 9.17) is 9.15 Å². The van der Waals surface area contributed by atoms with Gasteiger partial charge in [0.15, 0.2) is 0 Å². The van der Waals surface area contributed by atoms with Gasteiger partial charge in [0.25, 0.3) is 11.6 Å². The van der Waals surface area contributed by atoms with Crippen molar-refractivity contribution in [2.75, 3.05) is 19.1 Å². The number of nitro groups is 1. The van der Waals surface area contributed by atoms with Crippen LogP contribution in [0.3, 0.4) is 0 Å². The van der Waals surface area contributed by atoms with Crippen LogP contribution in [0.1, 0.15) is 10.4 Å². The third-order valence-corrected chi connectivity index (χ3v) is 3.76. The van der Waals surface area contributed by atoms with Crippen molar-refractivity contribution in [1.82, 2.24) is 0 Å². The number of nitro benzene ring substituents is 1. The summed E-state index contributed by atoms with van der Waals surface area (Å²) >= 11 is 0. The van der Waals surface area contributed by atoms with E-state index in [1.165, 1.54) is 35.4 Å². The van der Waals surface area contributed by atoms with Crippen LogP contribution < -0.4 is 9.64 Å². The summed E-state index contributed by atoms with van der Waals surface area (Å²) in [5.41, 5.74) is 1.49. The molecule has 7 nitrogen and oxygen atoms in total. The van der Waals surface area contributed by atoms with Crippen LogP contribution in [0.5, 0.6) is 5.75 Å². The second-order valence-corrected chi connectivity index (χ2v) is 5.15. The number of nitrogens with zero attached hydrogens (tertiary/aromatic N) is 2. The van der Waals surface area contributed by atoms with Gasteiger partial charge in [0.05, 0.1) is 17.6 Å². The minimum absolute atomic E-state index is 0.0295. The molecule has 24 heavy (non-hydrogen) atoms. The number of ether oxygens (including phenoxy) is 1.